The molecule has 2 rings (SSSR count). The van der Waals surface area contributed by atoms with Crippen molar-refractivity contribution in [1.82, 2.24) is 9.97 Å². The molecule has 1 atom stereocenters. The second-order valence-corrected chi connectivity index (χ2v) is 4.05. The first-order chi connectivity index (χ1) is 8.22. The number of aromatic nitrogens is 2. The molecule has 17 heavy (non-hydrogen) atoms. The van der Waals surface area contributed by atoms with E-state index in [-0.39, 0.29) is 6.10 Å². The molecule has 2 heterocycles. The topological polar surface area (TPSA) is 62.0 Å². The zero-order valence-corrected chi connectivity index (χ0v) is 10.2. The first-order valence-corrected chi connectivity index (χ1v) is 5.83. The molecule has 1 aromatic rings. The lowest BCUT2D eigenvalue weighted by Crippen LogP contribution is -2.42. The van der Waals surface area contributed by atoms with E-state index in [0.717, 1.165) is 30.3 Å². The Labute approximate surface area is 101 Å². The van der Waals surface area contributed by atoms with Crippen molar-refractivity contribution >= 4 is 5.82 Å². The van der Waals surface area contributed by atoms with Gasteiger partial charge < -0.3 is 9.64 Å². The molecule has 0 bridgehead atoms. The number of anilines is 1. The maximum atomic E-state index is 8.88. The van der Waals surface area contributed by atoms with Gasteiger partial charge in [0, 0.05) is 18.3 Å². The molecule has 1 aliphatic heterocycles. The van der Waals surface area contributed by atoms with Gasteiger partial charge in [-0.15, -0.1) is 0 Å². The number of ether oxygens (including phenoxy) is 1. The van der Waals surface area contributed by atoms with Crippen LogP contribution in [0.1, 0.15) is 18.4 Å². The Kier molecular flexibility index (Phi) is 3.55. The minimum atomic E-state index is -0.357. The SMILES string of the molecule is CCc1cc(N2CCOC(C#N)C2)nc(C)n1. The lowest BCUT2D eigenvalue weighted by molar-refractivity contribution is 0.0761. The Morgan fingerprint density at radius 1 is 1.59 bits per heavy atom. The van der Waals surface area contributed by atoms with Gasteiger partial charge in [0.15, 0.2) is 6.10 Å². The molecule has 0 saturated carbocycles. The van der Waals surface area contributed by atoms with Crippen LogP contribution >= 0.6 is 0 Å². The third kappa shape index (κ3) is 2.71. The van der Waals surface area contributed by atoms with Crippen molar-refractivity contribution in [2.75, 3.05) is 24.6 Å². The second kappa shape index (κ2) is 5.11. The Hall–Kier alpha value is -1.67. The van der Waals surface area contributed by atoms with Crippen LogP contribution in [0.3, 0.4) is 0 Å². The van der Waals surface area contributed by atoms with Gasteiger partial charge >= 0.3 is 0 Å². The zero-order valence-electron chi connectivity index (χ0n) is 10.2. The van der Waals surface area contributed by atoms with Crippen LogP contribution in [-0.4, -0.2) is 35.8 Å². The zero-order chi connectivity index (χ0) is 12.3. The first kappa shape index (κ1) is 11.8. The Morgan fingerprint density at radius 3 is 3.12 bits per heavy atom. The number of hydrogen-bond donors (Lipinski definition) is 0. The van der Waals surface area contributed by atoms with Crippen molar-refractivity contribution < 1.29 is 4.74 Å². The van der Waals surface area contributed by atoms with Crippen LogP contribution in [0.2, 0.25) is 0 Å². The van der Waals surface area contributed by atoms with Crippen LogP contribution in [0.5, 0.6) is 0 Å². The molecule has 90 valence electrons. The summed E-state index contributed by atoms with van der Waals surface area (Å²) in [6, 6.07) is 4.13. The standard InChI is InChI=1S/C12H16N4O/c1-3-10-6-12(15-9(2)14-10)16-4-5-17-11(7-13)8-16/h6,11H,3-5,8H2,1-2H3. The van der Waals surface area contributed by atoms with Gasteiger partial charge in [-0.3, -0.25) is 0 Å². The Morgan fingerprint density at radius 2 is 2.41 bits per heavy atom. The molecule has 0 aromatic carbocycles. The first-order valence-electron chi connectivity index (χ1n) is 5.83. The summed E-state index contributed by atoms with van der Waals surface area (Å²) in [4.78, 5) is 10.9. The van der Waals surface area contributed by atoms with E-state index in [1.54, 1.807) is 0 Å². The summed E-state index contributed by atoms with van der Waals surface area (Å²) >= 11 is 0. The van der Waals surface area contributed by atoms with E-state index >= 15 is 0 Å². The van der Waals surface area contributed by atoms with Crippen molar-refractivity contribution in [3.63, 3.8) is 0 Å². The fraction of sp³-hybridized carbons (Fsp3) is 0.583. The number of aryl methyl sites for hydroxylation is 2. The third-order valence-corrected chi connectivity index (χ3v) is 2.77. The van der Waals surface area contributed by atoms with E-state index in [9.17, 15) is 0 Å². The molecule has 1 aromatic heterocycles. The molecule has 5 nitrogen and oxygen atoms in total. The number of rotatable bonds is 2. The maximum Gasteiger partial charge on any atom is 0.161 e. The van der Waals surface area contributed by atoms with E-state index < -0.39 is 0 Å². The van der Waals surface area contributed by atoms with Gasteiger partial charge in [0.1, 0.15) is 11.6 Å². The smallest absolute Gasteiger partial charge is 0.161 e. The summed E-state index contributed by atoms with van der Waals surface area (Å²) in [5.41, 5.74) is 1.03. The normalized spacial score (nSPS) is 20.1. The summed E-state index contributed by atoms with van der Waals surface area (Å²) in [6.07, 6.45) is 0.534. The summed E-state index contributed by atoms with van der Waals surface area (Å²) in [5, 5.41) is 8.88. The highest BCUT2D eigenvalue weighted by atomic mass is 16.5. The lowest BCUT2D eigenvalue weighted by atomic mass is 10.2. The predicted octanol–water partition coefficient (Wildman–Crippen LogP) is 1.08. The molecule has 5 heteroatoms. The molecule has 1 fully saturated rings. The molecule has 1 saturated heterocycles. The summed E-state index contributed by atoms with van der Waals surface area (Å²) in [6.45, 7) is 5.89. The van der Waals surface area contributed by atoms with Gasteiger partial charge in [0.2, 0.25) is 0 Å². The van der Waals surface area contributed by atoms with Gasteiger partial charge in [0.05, 0.1) is 19.2 Å². The third-order valence-electron chi connectivity index (χ3n) is 2.77. The Bertz CT molecular complexity index is 441. The molecule has 0 spiro atoms. The molecule has 0 N–H and O–H groups in total. The average Bonchev–Trinajstić information content (AvgIpc) is 2.38. The second-order valence-electron chi connectivity index (χ2n) is 4.05. The van der Waals surface area contributed by atoms with Gasteiger partial charge in [0.25, 0.3) is 0 Å². The highest BCUT2D eigenvalue weighted by molar-refractivity contribution is 5.41. The van der Waals surface area contributed by atoms with Crippen LogP contribution in [0.15, 0.2) is 6.07 Å². The molecule has 1 unspecified atom stereocenters. The largest absolute Gasteiger partial charge is 0.360 e. The molecular weight excluding hydrogens is 216 g/mol. The summed E-state index contributed by atoms with van der Waals surface area (Å²) < 4.78 is 5.32. The van der Waals surface area contributed by atoms with E-state index in [2.05, 4.69) is 27.9 Å². The van der Waals surface area contributed by atoms with E-state index in [1.165, 1.54) is 0 Å². The van der Waals surface area contributed by atoms with E-state index in [1.807, 2.05) is 13.0 Å². The number of nitrogens with zero attached hydrogens (tertiary/aromatic N) is 4. The average molecular weight is 232 g/mol. The van der Waals surface area contributed by atoms with E-state index in [4.69, 9.17) is 10.00 Å². The fourth-order valence-electron chi connectivity index (χ4n) is 1.89. The van der Waals surface area contributed by atoms with Crippen molar-refractivity contribution in [2.45, 2.75) is 26.4 Å². The monoisotopic (exact) mass is 232 g/mol. The van der Waals surface area contributed by atoms with Crippen LogP contribution in [0.25, 0.3) is 0 Å². The summed E-state index contributed by atoms with van der Waals surface area (Å²) in [7, 11) is 0. The van der Waals surface area contributed by atoms with E-state index in [0.29, 0.717) is 13.2 Å². The maximum absolute atomic E-state index is 8.88. The quantitative estimate of drug-likeness (QED) is 0.763. The van der Waals surface area contributed by atoms with Crippen LogP contribution < -0.4 is 4.90 Å². The van der Waals surface area contributed by atoms with Crippen molar-refractivity contribution in [3.05, 3.63) is 17.6 Å². The molecule has 0 amide bonds. The molecule has 0 aliphatic carbocycles. The molecule has 1 aliphatic rings. The van der Waals surface area contributed by atoms with Gasteiger partial charge in [-0.2, -0.15) is 5.26 Å². The summed E-state index contributed by atoms with van der Waals surface area (Å²) in [5.74, 6) is 1.68. The molecule has 0 radical (unpaired) electrons. The van der Waals surface area contributed by atoms with Crippen LogP contribution in [0, 0.1) is 18.3 Å². The van der Waals surface area contributed by atoms with Gasteiger partial charge in [-0.05, 0) is 13.3 Å². The fourth-order valence-corrected chi connectivity index (χ4v) is 1.89. The number of hydrogen-bond acceptors (Lipinski definition) is 5. The number of morpholine rings is 1. The van der Waals surface area contributed by atoms with Gasteiger partial charge in [-0.25, -0.2) is 9.97 Å². The van der Waals surface area contributed by atoms with Crippen LogP contribution in [-0.2, 0) is 11.2 Å². The van der Waals surface area contributed by atoms with Gasteiger partial charge in [-0.1, -0.05) is 6.92 Å². The minimum absolute atomic E-state index is 0.357. The lowest BCUT2D eigenvalue weighted by Gasteiger charge is -2.30. The predicted molar refractivity (Wildman–Crippen MR) is 63.7 cm³/mol. The van der Waals surface area contributed by atoms with Crippen molar-refractivity contribution in [3.8, 4) is 6.07 Å². The molecular formula is C12H16N4O. The van der Waals surface area contributed by atoms with Crippen LogP contribution in [0.4, 0.5) is 5.82 Å². The van der Waals surface area contributed by atoms with Crippen molar-refractivity contribution in [2.24, 2.45) is 0 Å². The highest BCUT2D eigenvalue weighted by Gasteiger charge is 2.21. The highest BCUT2D eigenvalue weighted by Crippen LogP contribution is 2.16. The number of nitriles is 1. The van der Waals surface area contributed by atoms with Crippen molar-refractivity contribution in [1.29, 1.82) is 5.26 Å². The minimum Gasteiger partial charge on any atom is -0.360 e. The Balaban J connectivity index is 2.21.